The number of thiophene rings is 2. The van der Waals surface area contributed by atoms with Crippen LogP contribution in [0.2, 0.25) is 0 Å². The fraction of sp³-hybridized carbons (Fsp3) is 0.467. The molecule has 1 unspecified atom stereocenters. The second kappa shape index (κ2) is 4.62. The van der Waals surface area contributed by atoms with Gasteiger partial charge in [0.1, 0.15) is 5.60 Å². The zero-order valence-electron chi connectivity index (χ0n) is 11.4. The zero-order valence-corrected chi connectivity index (χ0v) is 13.0. The van der Waals surface area contributed by atoms with E-state index in [1.54, 1.807) is 29.8 Å². The van der Waals surface area contributed by atoms with Crippen LogP contribution in [0.15, 0.2) is 17.5 Å². The van der Waals surface area contributed by atoms with Gasteiger partial charge in [0.15, 0.2) is 5.06 Å². The monoisotopic (exact) mass is 294 g/mol. The van der Waals surface area contributed by atoms with Crippen LogP contribution in [0.1, 0.15) is 33.7 Å². The second-order valence-electron chi connectivity index (χ2n) is 5.26. The van der Waals surface area contributed by atoms with Gasteiger partial charge in [-0.25, -0.2) is 0 Å². The predicted octanol–water partition coefficient (Wildman–Crippen LogP) is 4.08. The van der Waals surface area contributed by atoms with Crippen LogP contribution in [0.25, 0.3) is 0 Å². The Morgan fingerprint density at radius 2 is 2.00 bits per heavy atom. The van der Waals surface area contributed by atoms with Gasteiger partial charge in [-0.1, -0.05) is 0 Å². The van der Waals surface area contributed by atoms with Crippen LogP contribution in [0, 0.1) is 19.8 Å². The van der Waals surface area contributed by atoms with Gasteiger partial charge in [-0.2, -0.15) is 0 Å². The van der Waals surface area contributed by atoms with Gasteiger partial charge in [0.2, 0.25) is 0 Å². The smallest absolute Gasteiger partial charge is 0.173 e. The van der Waals surface area contributed by atoms with E-state index in [1.807, 2.05) is 6.07 Å². The van der Waals surface area contributed by atoms with E-state index in [1.165, 1.54) is 5.56 Å². The molecule has 0 saturated heterocycles. The highest BCUT2D eigenvalue weighted by atomic mass is 32.1. The quantitative estimate of drug-likeness (QED) is 0.920. The first-order chi connectivity index (χ1) is 9.07. The molecule has 1 aliphatic carbocycles. The third-order valence-corrected chi connectivity index (χ3v) is 6.28. The lowest BCUT2D eigenvalue weighted by Crippen LogP contribution is -2.29. The molecule has 0 bridgehead atoms. The number of hydrogen-bond acceptors (Lipinski definition) is 4. The van der Waals surface area contributed by atoms with Crippen molar-refractivity contribution >= 4 is 22.7 Å². The molecule has 1 saturated carbocycles. The summed E-state index contributed by atoms with van der Waals surface area (Å²) in [5.74, 6) is 0.354. The summed E-state index contributed by atoms with van der Waals surface area (Å²) < 4.78 is 5.33. The highest BCUT2D eigenvalue weighted by Gasteiger charge is 2.49. The van der Waals surface area contributed by atoms with Crippen LogP contribution in [-0.4, -0.2) is 12.2 Å². The van der Waals surface area contributed by atoms with Gasteiger partial charge in [-0.15, -0.1) is 22.7 Å². The molecule has 0 amide bonds. The number of rotatable bonds is 4. The lowest BCUT2D eigenvalue weighted by atomic mass is 9.90. The number of aryl methyl sites for hydroxylation is 2. The molecule has 2 heterocycles. The third kappa shape index (κ3) is 2.02. The van der Waals surface area contributed by atoms with Crippen molar-refractivity contribution < 1.29 is 9.84 Å². The molecule has 3 rings (SSSR count). The average Bonchev–Trinajstić information content (AvgIpc) is 3.06. The highest BCUT2D eigenvalue weighted by Crippen LogP contribution is 2.55. The molecule has 1 fully saturated rings. The van der Waals surface area contributed by atoms with Crippen molar-refractivity contribution in [3.63, 3.8) is 0 Å². The fourth-order valence-electron chi connectivity index (χ4n) is 2.67. The molecular weight excluding hydrogens is 276 g/mol. The summed E-state index contributed by atoms with van der Waals surface area (Å²) in [5, 5.41) is 14.4. The summed E-state index contributed by atoms with van der Waals surface area (Å²) in [5.41, 5.74) is 1.50. The topological polar surface area (TPSA) is 29.5 Å². The zero-order chi connectivity index (χ0) is 13.6. The van der Waals surface area contributed by atoms with Crippen molar-refractivity contribution in [1.29, 1.82) is 0 Å². The van der Waals surface area contributed by atoms with Crippen molar-refractivity contribution in [2.24, 2.45) is 5.92 Å². The maximum atomic E-state index is 11.4. The highest BCUT2D eigenvalue weighted by molar-refractivity contribution is 7.14. The summed E-state index contributed by atoms with van der Waals surface area (Å²) in [7, 11) is 1.68. The molecular formula is C15H18O2S2. The van der Waals surface area contributed by atoms with Crippen LogP contribution in [0.4, 0.5) is 0 Å². The Balaban J connectivity index is 2.15. The van der Waals surface area contributed by atoms with Gasteiger partial charge in [-0.3, -0.25) is 0 Å². The van der Waals surface area contributed by atoms with E-state index >= 15 is 0 Å². The van der Waals surface area contributed by atoms with E-state index in [0.717, 1.165) is 33.2 Å². The first kappa shape index (κ1) is 13.2. The molecule has 0 aliphatic heterocycles. The standard InChI is InChI=1S/C15H18O2S2/c1-9-6-7-18-13(9)15(16,11-4-5-11)14-10(2)8-12(17-3)19-14/h6-8,11,16H,4-5H2,1-3H3. The molecule has 1 aliphatic rings. The number of aliphatic hydroxyl groups is 1. The first-order valence-electron chi connectivity index (χ1n) is 6.49. The minimum Gasteiger partial charge on any atom is -0.487 e. The Hall–Kier alpha value is -0.840. The summed E-state index contributed by atoms with van der Waals surface area (Å²) in [6.45, 7) is 4.14. The molecule has 0 spiro atoms. The van der Waals surface area contributed by atoms with Crippen molar-refractivity contribution in [2.75, 3.05) is 7.11 Å². The van der Waals surface area contributed by atoms with Crippen molar-refractivity contribution in [3.8, 4) is 5.06 Å². The van der Waals surface area contributed by atoms with Crippen molar-refractivity contribution in [1.82, 2.24) is 0 Å². The van der Waals surface area contributed by atoms with Crippen LogP contribution in [0.3, 0.4) is 0 Å². The third-order valence-electron chi connectivity index (χ3n) is 3.82. The Morgan fingerprint density at radius 1 is 1.26 bits per heavy atom. The Morgan fingerprint density at radius 3 is 2.47 bits per heavy atom. The summed E-state index contributed by atoms with van der Waals surface area (Å²) in [6.07, 6.45) is 2.21. The molecule has 2 aromatic rings. The molecule has 19 heavy (non-hydrogen) atoms. The molecule has 0 radical (unpaired) electrons. The van der Waals surface area contributed by atoms with E-state index < -0.39 is 5.60 Å². The van der Waals surface area contributed by atoms with Crippen molar-refractivity contribution in [3.05, 3.63) is 38.4 Å². The van der Waals surface area contributed by atoms with Gasteiger partial charge in [-0.05, 0) is 61.2 Å². The minimum atomic E-state index is -0.816. The number of methoxy groups -OCH3 is 1. The maximum absolute atomic E-state index is 11.4. The Labute approximate surface area is 121 Å². The lowest BCUT2D eigenvalue weighted by Gasteiger charge is -2.28. The largest absolute Gasteiger partial charge is 0.487 e. The summed E-state index contributed by atoms with van der Waals surface area (Å²) in [6, 6.07) is 4.11. The van der Waals surface area contributed by atoms with Crippen LogP contribution >= 0.6 is 22.7 Å². The molecule has 2 nitrogen and oxygen atoms in total. The maximum Gasteiger partial charge on any atom is 0.173 e. The van der Waals surface area contributed by atoms with E-state index in [9.17, 15) is 5.11 Å². The van der Waals surface area contributed by atoms with E-state index in [4.69, 9.17) is 4.74 Å². The predicted molar refractivity (Wildman–Crippen MR) is 80.4 cm³/mol. The number of hydrogen-bond donors (Lipinski definition) is 1. The Kier molecular flexibility index (Phi) is 3.20. The van der Waals surface area contributed by atoms with Crippen molar-refractivity contribution in [2.45, 2.75) is 32.3 Å². The lowest BCUT2D eigenvalue weighted by molar-refractivity contribution is 0.0628. The van der Waals surface area contributed by atoms with Gasteiger partial charge < -0.3 is 9.84 Å². The van der Waals surface area contributed by atoms with Gasteiger partial charge in [0.25, 0.3) is 0 Å². The molecule has 0 aromatic carbocycles. The number of ether oxygens (including phenoxy) is 1. The molecule has 1 N–H and O–H groups in total. The molecule has 102 valence electrons. The molecule has 1 atom stereocenters. The second-order valence-corrected chi connectivity index (χ2v) is 7.19. The Bertz CT molecular complexity index is 595. The van der Waals surface area contributed by atoms with Gasteiger partial charge in [0.05, 0.1) is 7.11 Å². The minimum absolute atomic E-state index is 0.354. The van der Waals surface area contributed by atoms with E-state index in [-0.39, 0.29) is 0 Å². The van der Waals surface area contributed by atoms with Crippen LogP contribution in [0.5, 0.6) is 5.06 Å². The summed E-state index contributed by atoms with van der Waals surface area (Å²) >= 11 is 3.24. The SMILES string of the molecule is COc1cc(C)c(C(O)(c2sccc2C)C2CC2)s1. The van der Waals surface area contributed by atoms with E-state index in [2.05, 4.69) is 25.3 Å². The van der Waals surface area contributed by atoms with E-state index in [0.29, 0.717) is 5.92 Å². The fourth-order valence-corrected chi connectivity index (χ4v) is 5.01. The normalized spacial score (nSPS) is 18.3. The van der Waals surface area contributed by atoms with Crippen LogP contribution in [-0.2, 0) is 5.60 Å². The molecule has 4 heteroatoms. The van der Waals surface area contributed by atoms with Gasteiger partial charge >= 0.3 is 0 Å². The first-order valence-corrected chi connectivity index (χ1v) is 8.18. The average molecular weight is 294 g/mol. The molecule has 2 aromatic heterocycles. The van der Waals surface area contributed by atoms with Crippen LogP contribution < -0.4 is 4.74 Å². The van der Waals surface area contributed by atoms with Gasteiger partial charge in [0, 0.05) is 9.75 Å². The summed E-state index contributed by atoms with van der Waals surface area (Å²) in [4.78, 5) is 2.15.